The first-order valence-electron chi connectivity index (χ1n) is 6.11. The Morgan fingerprint density at radius 2 is 1.83 bits per heavy atom. The van der Waals surface area contributed by atoms with Gasteiger partial charge in [0, 0.05) is 0 Å². The van der Waals surface area contributed by atoms with Crippen molar-refractivity contribution >= 4 is 0 Å². The molecule has 0 heterocycles. The van der Waals surface area contributed by atoms with Gasteiger partial charge in [-0.05, 0) is 18.9 Å². The highest BCUT2D eigenvalue weighted by Gasteiger charge is 2.17. The van der Waals surface area contributed by atoms with Crippen LogP contribution >= 0.6 is 0 Å². The minimum Gasteiger partial charge on any atom is -1.00 e. The van der Waals surface area contributed by atoms with Gasteiger partial charge in [0.15, 0.2) is 6.73 Å². The fourth-order valence-corrected chi connectivity index (χ4v) is 1.91. The number of aliphatic hydroxyl groups is 1. The van der Waals surface area contributed by atoms with Crippen LogP contribution in [0.25, 0.3) is 0 Å². The van der Waals surface area contributed by atoms with E-state index in [1.54, 1.807) is 0 Å². The second-order valence-electron chi connectivity index (χ2n) is 5.24. The van der Waals surface area contributed by atoms with Crippen molar-refractivity contribution in [3.05, 3.63) is 35.9 Å². The highest BCUT2D eigenvalue weighted by molar-refractivity contribution is 5.14. The van der Waals surface area contributed by atoms with E-state index >= 15 is 0 Å². The Labute approximate surface area is 121 Å². The van der Waals surface area contributed by atoms with Crippen LogP contribution in [-0.2, 0) is 11.2 Å². The highest BCUT2D eigenvalue weighted by atomic mass is 79.9. The summed E-state index contributed by atoms with van der Waals surface area (Å²) in [5.74, 6) is 0. The Hall–Kier alpha value is -0.420. The van der Waals surface area contributed by atoms with Crippen molar-refractivity contribution in [1.82, 2.24) is 0 Å². The molecule has 3 nitrogen and oxygen atoms in total. The molecule has 1 N–H and O–H groups in total. The SMILES string of the molecule is CC(O)C[N+](C)(C)COCCc1ccccc1.[Br-]. The maximum atomic E-state index is 9.35. The van der Waals surface area contributed by atoms with Crippen LogP contribution in [0, 0.1) is 0 Å². The molecule has 1 aromatic rings. The smallest absolute Gasteiger partial charge is 0.182 e. The summed E-state index contributed by atoms with van der Waals surface area (Å²) in [4.78, 5) is 0. The molecule has 0 aromatic heterocycles. The van der Waals surface area contributed by atoms with Gasteiger partial charge in [0.2, 0.25) is 0 Å². The van der Waals surface area contributed by atoms with E-state index in [2.05, 4.69) is 26.2 Å². The molecule has 0 aliphatic heterocycles. The van der Waals surface area contributed by atoms with Crippen LogP contribution in [0.3, 0.4) is 0 Å². The summed E-state index contributed by atoms with van der Waals surface area (Å²) in [6.45, 7) is 3.89. The topological polar surface area (TPSA) is 29.5 Å². The molecule has 104 valence electrons. The summed E-state index contributed by atoms with van der Waals surface area (Å²) in [5.41, 5.74) is 1.30. The monoisotopic (exact) mass is 317 g/mol. The lowest BCUT2D eigenvalue weighted by Gasteiger charge is -2.30. The van der Waals surface area contributed by atoms with E-state index in [0.717, 1.165) is 13.0 Å². The third-order valence-electron chi connectivity index (χ3n) is 2.58. The Morgan fingerprint density at radius 3 is 2.39 bits per heavy atom. The van der Waals surface area contributed by atoms with E-state index in [4.69, 9.17) is 4.74 Å². The molecule has 18 heavy (non-hydrogen) atoms. The minimum absolute atomic E-state index is 0. The maximum absolute atomic E-state index is 9.35. The van der Waals surface area contributed by atoms with Gasteiger partial charge in [-0.1, -0.05) is 30.3 Å². The van der Waals surface area contributed by atoms with Crippen molar-refractivity contribution in [2.75, 3.05) is 34.0 Å². The van der Waals surface area contributed by atoms with E-state index in [1.807, 2.05) is 25.1 Å². The maximum Gasteiger partial charge on any atom is 0.182 e. The number of aliphatic hydroxyl groups excluding tert-OH is 1. The molecule has 0 saturated heterocycles. The van der Waals surface area contributed by atoms with Gasteiger partial charge in [-0.2, -0.15) is 0 Å². The number of rotatable bonds is 7. The predicted molar refractivity (Wildman–Crippen MR) is 69.6 cm³/mol. The van der Waals surface area contributed by atoms with Crippen LogP contribution in [0.5, 0.6) is 0 Å². The van der Waals surface area contributed by atoms with Crippen molar-refractivity contribution in [3.63, 3.8) is 0 Å². The number of ether oxygens (including phenoxy) is 1. The van der Waals surface area contributed by atoms with Crippen LogP contribution in [-0.4, -0.2) is 49.7 Å². The third-order valence-corrected chi connectivity index (χ3v) is 2.58. The highest BCUT2D eigenvalue weighted by Crippen LogP contribution is 2.03. The number of hydrogen-bond donors (Lipinski definition) is 1. The van der Waals surface area contributed by atoms with Crippen molar-refractivity contribution in [3.8, 4) is 0 Å². The third kappa shape index (κ3) is 7.82. The lowest BCUT2D eigenvalue weighted by Crippen LogP contribution is -3.00. The molecule has 0 spiro atoms. The van der Waals surface area contributed by atoms with Crippen LogP contribution < -0.4 is 17.0 Å². The molecule has 0 fully saturated rings. The second-order valence-corrected chi connectivity index (χ2v) is 5.24. The average molecular weight is 318 g/mol. The van der Waals surface area contributed by atoms with Gasteiger partial charge in [-0.25, -0.2) is 0 Å². The zero-order chi connectivity index (χ0) is 12.7. The Kier molecular flexibility index (Phi) is 8.44. The molecule has 0 saturated carbocycles. The molecule has 1 atom stereocenters. The lowest BCUT2D eigenvalue weighted by molar-refractivity contribution is -0.912. The van der Waals surface area contributed by atoms with Crippen LogP contribution in [0.15, 0.2) is 30.3 Å². The molecule has 1 rings (SSSR count). The molecule has 1 aromatic carbocycles. The van der Waals surface area contributed by atoms with Gasteiger partial charge >= 0.3 is 0 Å². The zero-order valence-corrected chi connectivity index (χ0v) is 13.1. The Bertz CT molecular complexity index is 315. The van der Waals surface area contributed by atoms with Crippen LogP contribution in [0.4, 0.5) is 0 Å². The van der Waals surface area contributed by atoms with Crippen molar-refractivity contribution in [2.45, 2.75) is 19.4 Å². The lowest BCUT2D eigenvalue weighted by atomic mass is 10.2. The molecule has 0 radical (unpaired) electrons. The first-order chi connectivity index (χ1) is 7.99. The van der Waals surface area contributed by atoms with E-state index in [0.29, 0.717) is 17.8 Å². The number of likely N-dealkylation sites (N-methyl/N-ethyl adjacent to an activating group) is 1. The standard InChI is InChI=1S/C14H24NO2.BrH/c1-13(16)11-15(2,3)12-17-10-9-14-7-5-4-6-8-14;/h4-8,13,16H,9-12H2,1-3H3;1H/q+1;/p-1. The van der Waals surface area contributed by atoms with Crippen molar-refractivity contribution < 1.29 is 31.3 Å². The summed E-state index contributed by atoms with van der Waals surface area (Å²) in [6.07, 6.45) is 0.651. The van der Waals surface area contributed by atoms with Gasteiger partial charge in [0.05, 0.1) is 20.7 Å². The second kappa shape index (κ2) is 8.64. The van der Waals surface area contributed by atoms with E-state index < -0.39 is 0 Å². The average Bonchev–Trinajstić information content (AvgIpc) is 2.24. The summed E-state index contributed by atoms with van der Waals surface area (Å²) in [7, 11) is 4.13. The minimum atomic E-state index is -0.289. The van der Waals surface area contributed by atoms with E-state index in [9.17, 15) is 5.11 Å². The first-order valence-corrected chi connectivity index (χ1v) is 6.11. The Morgan fingerprint density at radius 1 is 1.22 bits per heavy atom. The normalized spacial score (nSPS) is 12.9. The van der Waals surface area contributed by atoms with Gasteiger partial charge < -0.3 is 31.3 Å². The number of quaternary nitrogens is 1. The largest absolute Gasteiger partial charge is 1.00 e. The molecule has 0 aliphatic carbocycles. The van der Waals surface area contributed by atoms with Gasteiger partial charge in [0.25, 0.3) is 0 Å². The van der Waals surface area contributed by atoms with Gasteiger partial charge in [-0.15, -0.1) is 0 Å². The Balaban J connectivity index is 0.00000289. The number of halogens is 1. The summed E-state index contributed by atoms with van der Waals surface area (Å²) in [6, 6.07) is 10.3. The van der Waals surface area contributed by atoms with E-state index in [1.165, 1.54) is 5.56 Å². The molecule has 0 amide bonds. The molecule has 0 aliphatic rings. The molecular weight excluding hydrogens is 294 g/mol. The summed E-state index contributed by atoms with van der Waals surface area (Å²) in [5, 5.41) is 9.35. The fraction of sp³-hybridized carbons (Fsp3) is 0.571. The van der Waals surface area contributed by atoms with Crippen molar-refractivity contribution in [1.29, 1.82) is 0 Å². The van der Waals surface area contributed by atoms with Gasteiger partial charge in [0.1, 0.15) is 12.6 Å². The summed E-state index contributed by atoms with van der Waals surface area (Å²) < 4.78 is 6.35. The number of nitrogens with zero attached hydrogens (tertiary/aromatic N) is 1. The molecule has 1 unspecified atom stereocenters. The molecule has 4 heteroatoms. The quantitative estimate of drug-likeness (QED) is 0.383. The van der Waals surface area contributed by atoms with Crippen LogP contribution in [0.2, 0.25) is 0 Å². The number of hydrogen-bond acceptors (Lipinski definition) is 2. The molecule has 0 bridgehead atoms. The summed E-state index contributed by atoms with van der Waals surface area (Å²) >= 11 is 0. The van der Waals surface area contributed by atoms with E-state index in [-0.39, 0.29) is 23.1 Å². The molecular formula is C14H24BrNO2. The zero-order valence-electron chi connectivity index (χ0n) is 11.5. The fourth-order valence-electron chi connectivity index (χ4n) is 1.91. The first kappa shape index (κ1) is 17.6. The van der Waals surface area contributed by atoms with Crippen LogP contribution in [0.1, 0.15) is 12.5 Å². The van der Waals surface area contributed by atoms with Crippen molar-refractivity contribution in [2.24, 2.45) is 0 Å². The number of benzene rings is 1. The predicted octanol–water partition coefficient (Wildman–Crippen LogP) is -1.34. The van der Waals surface area contributed by atoms with Gasteiger partial charge in [-0.3, -0.25) is 0 Å².